The first-order chi connectivity index (χ1) is 10.0. The van der Waals surface area contributed by atoms with Gasteiger partial charge in [-0.15, -0.1) is 0 Å². The van der Waals surface area contributed by atoms with Crippen LogP contribution in [0, 0.1) is 10.1 Å². The fraction of sp³-hybridized carbons (Fsp3) is 0.0909. The van der Waals surface area contributed by atoms with Gasteiger partial charge in [0.1, 0.15) is 12.4 Å². The number of hydrazine groups is 1. The quantitative estimate of drug-likeness (QED) is 0.435. The molecule has 8 nitrogen and oxygen atoms in total. The zero-order valence-corrected chi connectivity index (χ0v) is 13.6. The summed E-state index contributed by atoms with van der Waals surface area (Å²) in [6, 6.07) is 2.74. The normalized spacial score (nSPS) is 10.2. The number of hydrogen-bond donors (Lipinski definition) is 2. The Morgan fingerprint density at radius 1 is 1.29 bits per heavy atom. The van der Waals surface area contributed by atoms with E-state index in [1.165, 1.54) is 24.5 Å². The summed E-state index contributed by atoms with van der Waals surface area (Å²) in [6.07, 6.45) is 2.99. The van der Waals surface area contributed by atoms with E-state index in [2.05, 4.69) is 47.3 Å². The molecule has 2 aromatic rings. The molecule has 2 rings (SSSR count). The molecule has 0 fully saturated rings. The number of rotatable bonds is 5. The number of ether oxygens (including phenoxy) is 1. The van der Waals surface area contributed by atoms with Gasteiger partial charge in [-0.25, -0.2) is 10.8 Å². The third-order valence-corrected chi connectivity index (χ3v) is 3.59. The van der Waals surface area contributed by atoms with E-state index in [4.69, 9.17) is 10.6 Å². The van der Waals surface area contributed by atoms with E-state index >= 15 is 0 Å². The lowest BCUT2D eigenvalue weighted by Gasteiger charge is -2.10. The Balaban J connectivity index is 2.14. The van der Waals surface area contributed by atoms with E-state index in [1.807, 2.05) is 0 Å². The molecular weight excluding hydrogens is 410 g/mol. The number of halogens is 2. The zero-order valence-electron chi connectivity index (χ0n) is 10.4. The number of nitro benzene ring substituents is 1. The van der Waals surface area contributed by atoms with Crippen molar-refractivity contribution in [3.8, 4) is 5.75 Å². The van der Waals surface area contributed by atoms with Crippen LogP contribution < -0.4 is 16.0 Å². The van der Waals surface area contributed by atoms with Gasteiger partial charge in [-0.3, -0.25) is 15.1 Å². The predicted molar refractivity (Wildman–Crippen MR) is 82.7 cm³/mol. The fourth-order valence-electron chi connectivity index (χ4n) is 1.44. The minimum atomic E-state index is -0.483. The molecule has 0 aliphatic carbocycles. The summed E-state index contributed by atoms with van der Waals surface area (Å²) in [5.41, 5.74) is 2.92. The molecule has 0 saturated heterocycles. The molecule has 0 atom stereocenters. The minimum absolute atomic E-state index is 0.0423. The van der Waals surface area contributed by atoms with Crippen molar-refractivity contribution in [2.45, 2.75) is 6.61 Å². The number of anilines is 1. The summed E-state index contributed by atoms with van der Waals surface area (Å²) in [5, 5.41) is 10.7. The number of nitrogens with one attached hydrogen (secondary N) is 1. The van der Waals surface area contributed by atoms with Crippen molar-refractivity contribution in [2.75, 3.05) is 5.43 Å². The number of nitrogen functional groups attached to an aromatic ring is 1. The molecule has 0 aliphatic rings. The molecule has 0 spiro atoms. The number of benzene rings is 1. The van der Waals surface area contributed by atoms with Gasteiger partial charge in [-0.05, 0) is 31.9 Å². The van der Waals surface area contributed by atoms with Gasteiger partial charge in [0, 0.05) is 12.1 Å². The molecule has 0 unspecified atom stereocenters. The Morgan fingerprint density at radius 2 is 1.95 bits per heavy atom. The Bertz CT molecular complexity index is 642. The summed E-state index contributed by atoms with van der Waals surface area (Å²) >= 11 is 6.48. The molecule has 10 heteroatoms. The highest BCUT2D eigenvalue weighted by molar-refractivity contribution is 9.11. The number of aromatic nitrogens is 2. The molecule has 110 valence electrons. The summed E-state index contributed by atoms with van der Waals surface area (Å²) in [6.45, 7) is 0.160. The SMILES string of the molecule is NNc1cnc(COc2c(Br)cc([N+](=O)[O-])cc2Br)cn1. The maximum atomic E-state index is 10.7. The van der Waals surface area contributed by atoms with Crippen LogP contribution in [0.5, 0.6) is 5.75 Å². The maximum Gasteiger partial charge on any atom is 0.271 e. The van der Waals surface area contributed by atoms with Crippen molar-refractivity contribution in [3.63, 3.8) is 0 Å². The fourth-order valence-corrected chi connectivity index (χ4v) is 2.83. The van der Waals surface area contributed by atoms with Gasteiger partial charge >= 0.3 is 0 Å². The van der Waals surface area contributed by atoms with Gasteiger partial charge in [-0.1, -0.05) is 0 Å². The van der Waals surface area contributed by atoms with E-state index in [1.54, 1.807) is 0 Å². The number of non-ortho nitro benzene ring substituents is 1. The lowest BCUT2D eigenvalue weighted by molar-refractivity contribution is -0.385. The number of nitro groups is 1. The van der Waals surface area contributed by atoms with Crippen molar-refractivity contribution in [1.82, 2.24) is 9.97 Å². The monoisotopic (exact) mass is 417 g/mol. The topological polar surface area (TPSA) is 116 Å². The summed E-state index contributed by atoms with van der Waals surface area (Å²) < 4.78 is 6.53. The van der Waals surface area contributed by atoms with Crippen LogP contribution in [0.3, 0.4) is 0 Å². The molecule has 1 aromatic heterocycles. The average molecular weight is 419 g/mol. The van der Waals surface area contributed by atoms with Crippen molar-refractivity contribution in [2.24, 2.45) is 5.84 Å². The molecule has 0 bridgehead atoms. The molecule has 3 N–H and O–H groups in total. The van der Waals surface area contributed by atoms with Gasteiger partial charge in [0.05, 0.1) is 32.0 Å². The molecule has 0 radical (unpaired) electrons. The second-order valence-corrected chi connectivity index (χ2v) is 5.53. The first-order valence-electron chi connectivity index (χ1n) is 5.55. The Morgan fingerprint density at radius 3 is 2.43 bits per heavy atom. The van der Waals surface area contributed by atoms with Crippen LogP contribution in [-0.2, 0) is 6.61 Å². The second-order valence-electron chi connectivity index (χ2n) is 3.82. The van der Waals surface area contributed by atoms with Crippen molar-refractivity contribution in [3.05, 3.63) is 49.3 Å². The van der Waals surface area contributed by atoms with Gasteiger partial charge in [0.2, 0.25) is 0 Å². The van der Waals surface area contributed by atoms with Gasteiger partial charge < -0.3 is 10.2 Å². The van der Waals surface area contributed by atoms with Gasteiger partial charge in [0.15, 0.2) is 5.82 Å². The summed E-state index contributed by atoms with van der Waals surface area (Å²) in [4.78, 5) is 18.4. The lowest BCUT2D eigenvalue weighted by Crippen LogP contribution is -2.09. The highest BCUT2D eigenvalue weighted by Crippen LogP contribution is 2.37. The first kappa shape index (κ1) is 15.6. The standard InChI is InChI=1S/C11H9Br2N5O3/c12-8-1-7(18(19)20)2-9(13)11(8)21-5-6-3-16-10(17-14)4-15-6/h1-4H,5,14H2,(H,16,17). The number of nitrogens with two attached hydrogens (primary N) is 1. The predicted octanol–water partition coefficient (Wildman–Crippen LogP) is 2.77. The van der Waals surface area contributed by atoms with E-state index in [0.717, 1.165) is 0 Å². The van der Waals surface area contributed by atoms with Crippen LogP contribution in [0.2, 0.25) is 0 Å². The molecular formula is C11H9Br2N5O3. The van der Waals surface area contributed by atoms with Crippen LogP contribution >= 0.6 is 31.9 Å². The lowest BCUT2D eigenvalue weighted by atomic mass is 10.3. The highest BCUT2D eigenvalue weighted by atomic mass is 79.9. The third kappa shape index (κ3) is 3.86. The number of nitrogens with zero attached hydrogens (tertiary/aromatic N) is 3. The zero-order chi connectivity index (χ0) is 15.4. The van der Waals surface area contributed by atoms with E-state index in [-0.39, 0.29) is 12.3 Å². The van der Waals surface area contributed by atoms with E-state index in [0.29, 0.717) is 26.2 Å². The number of hydrogen-bond acceptors (Lipinski definition) is 7. The molecule has 0 amide bonds. The van der Waals surface area contributed by atoms with Crippen molar-refractivity contribution in [1.29, 1.82) is 0 Å². The average Bonchev–Trinajstić information content (AvgIpc) is 2.46. The van der Waals surface area contributed by atoms with Crippen LogP contribution in [0.4, 0.5) is 11.5 Å². The largest absolute Gasteiger partial charge is 0.485 e. The molecule has 0 aliphatic heterocycles. The Kier molecular flexibility index (Phi) is 5.04. The maximum absolute atomic E-state index is 10.7. The first-order valence-corrected chi connectivity index (χ1v) is 7.13. The summed E-state index contributed by atoms with van der Waals surface area (Å²) in [7, 11) is 0. The van der Waals surface area contributed by atoms with Gasteiger partial charge in [0.25, 0.3) is 5.69 Å². The van der Waals surface area contributed by atoms with Crippen LogP contribution in [0.1, 0.15) is 5.69 Å². The van der Waals surface area contributed by atoms with Crippen LogP contribution in [0.25, 0.3) is 0 Å². The van der Waals surface area contributed by atoms with Crippen molar-refractivity contribution >= 4 is 43.4 Å². The second kappa shape index (κ2) is 6.78. The summed E-state index contributed by atoms with van der Waals surface area (Å²) in [5.74, 6) is 6.08. The Hall–Kier alpha value is -1.78. The molecule has 21 heavy (non-hydrogen) atoms. The van der Waals surface area contributed by atoms with E-state index < -0.39 is 4.92 Å². The smallest absolute Gasteiger partial charge is 0.271 e. The van der Waals surface area contributed by atoms with E-state index in [9.17, 15) is 10.1 Å². The van der Waals surface area contributed by atoms with Gasteiger partial charge in [-0.2, -0.15) is 0 Å². The minimum Gasteiger partial charge on any atom is -0.485 e. The van der Waals surface area contributed by atoms with Crippen LogP contribution in [-0.4, -0.2) is 14.9 Å². The molecule has 1 aromatic carbocycles. The molecule has 0 saturated carbocycles. The highest BCUT2D eigenvalue weighted by Gasteiger charge is 2.15. The Labute approximate surface area is 136 Å². The van der Waals surface area contributed by atoms with Crippen LogP contribution in [0.15, 0.2) is 33.5 Å². The molecule has 1 heterocycles. The van der Waals surface area contributed by atoms with Crippen molar-refractivity contribution < 1.29 is 9.66 Å². The third-order valence-electron chi connectivity index (χ3n) is 2.41.